The van der Waals surface area contributed by atoms with E-state index >= 15 is 4.39 Å². The predicted octanol–water partition coefficient (Wildman–Crippen LogP) is 6.65. The molecule has 0 atom stereocenters. The van der Waals surface area contributed by atoms with Gasteiger partial charge in [0.2, 0.25) is 0 Å². The zero-order valence-electron chi connectivity index (χ0n) is 20.5. The molecule has 0 bridgehead atoms. The molecule has 192 valence electrons. The monoisotopic (exact) mass is 530 g/mol. The van der Waals surface area contributed by atoms with Crippen LogP contribution in [0.3, 0.4) is 0 Å². The number of nitrogens with one attached hydrogen (secondary N) is 1. The van der Waals surface area contributed by atoms with Gasteiger partial charge in [-0.2, -0.15) is 0 Å². The summed E-state index contributed by atoms with van der Waals surface area (Å²) in [7, 11) is -0.994. The number of ether oxygens (including phenoxy) is 3. The lowest BCUT2D eigenvalue weighted by atomic mass is 10.1. The largest absolute Gasteiger partial charge is 0.493 e. The zero-order valence-corrected chi connectivity index (χ0v) is 21.3. The number of benzene rings is 4. The van der Waals surface area contributed by atoms with E-state index in [2.05, 4.69) is 9.71 Å². The third kappa shape index (κ3) is 5.09. The van der Waals surface area contributed by atoms with Crippen molar-refractivity contribution in [1.29, 1.82) is 0 Å². The van der Waals surface area contributed by atoms with Gasteiger partial charge in [-0.3, -0.25) is 9.71 Å². The quantitative estimate of drug-likeness (QED) is 0.242. The van der Waals surface area contributed by atoms with Crippen molar-refractivity contribution in [1.82, 2.24) is 4.98 Å². The number of pyridine rings is 1. The summed E-state index contributed by atoms with van der Waals surface area (Å²) in [6.45, 7) is 0. The molecule has 0 aliphatic carbocycles. The highest BCUT2D eigenvalue weighted by atomic mass is 32.2. The molecule has 0 spiro atoms. The summed E-state index contributed by atoms with van der Waals surface area (Å²) in [6, 6.07) is 24.9. The second kappa shape index (κ2) is 10.4. The minimum Gasteiger partial charge on any atom is -0.493 e. The highest BCUT2D eigenvalue weighted by molar-refractivity contribution is 7.92. The SMILES string of the molecule is COc1cc2nccc(Oc3ccc(NS(=O)(=O)c4cccc(-c5ccccc5)c4)c(F)c3)c2cc1OC. The molecule has 7 nitrogen and oxygen atoms in total. The van der Waals surface area contributed by atoms with Crippen LogP contribution >= 0.6 is 0 Å². The van der Waals surface area contributed by atoms with Crippen LogP contribution in [-0.2, 0) is 10.0 Å². The Morgan fingerprint density at radius 1 is 0.763 bits per heavy atom. The van der Waals surface area contributed by atoms with Gasteiger partial charge in [0, 0.05) is 23.7 Å². The van der Waals surface area contributed by atoms with Gasteiger partial charge >= 0.3 is 0 Å². The van der Waals surface area contributed by atoms with E-state index < -0.39 is 15.8 Å². The fourth-order valence-electron chi connectivity index (χ4n) is 3.98. The van der Waals surface area contributed by atoms with Crippen LogP contribution in [-0.4, -0.2) is 27.6 Å². The molecule has 0 saturated carbocycles. The number of anilines is 1. The molecule has 4 aromatic carbocycles. The summed E-state index contributed by atoms with van der Waals surface area (Å²) in [5.74, 6) is 0.815. The van der Waals surface area contributed by atoms with Crippen LogP contribution in [0.1, 0.15) is 0 Å². The molecule has 0 aliphatic rings. The van der Waals surface area contributed by atoms with Crippen LogP contribution in [0.2, 0.25) is 0 Å². The Labute approximate surface area is 219 Å². The van der Waals surface area contributed by atoms with Gasteiger partial charge in [-0.25, -0.2) is 12.8 Å². The van der Waals surface area contributed by atoms with E-state index in [1.807, 2.05) is 36.4 Å². The molecule has 1 aromatic heterocycles. The minimum absolute atomic E-state index is 0.0196. The molecule has 9 heteroatoms. The van der Waals surface area contributed by atoms with Crippen molar-refractivity contribution >= 4 is 26.6 Å². The Balaban J connectivity index is 1.40. The molecule has 5 aromatic rings. The number of nitrogens with zero attached hydrogens (tertiary/aromatic N) is 1. The minimum atomic E-state index is -4.05. The van der Waals surface area contributed by atoms with Crippen molar-refractivity contribution in [3.8, 4) is 34.1 Å². The van der Waals surface area contributed by atoms with Crippen LogP contribution < -0.4 is 18.9 Å². The summed E-state index contributed by atoms with van der Waals surface area (Å²) in [6.07, 6.45) is 1.56. The van der Waals surface area contributed by atoms with Gasteiger partial charge in [0.1, 0.15) is 11.5 Å². The molecule has 0 unspecified atom stereocenters. The van der Waals surface area contributed by atoms with Crippen molar-refractivity contribution in [3.63, 3.8) is 0 Å². The summed E-state index contributed by atoms with van der Waals surface area (Å²) in [4.78, 5) is 4.35. The number of methoxy groups -OCH3 is 2. The second-order valence-electron chi connectivity index (χ2n) is 8.28. The maximum absolute atomic E-state index is 15.0. The van der Waals surface area contributed by atoms with Gasteiger partial charge in [0.25, 0.3) is 10.0 Å². The van der Waals surface area contributed by atoms with E-state index in [-0.39, 0.29) is 16.3 Å². The van der Waals surface area contributed by atoms with E-state index in [1.54, 1.807) is 36.5 Å². The van der Waals surface area contributed by atoms with Crippen molar-refractivity contribution in [3.05, 3.63) is 103 Å². The van der Waals surface area contributed by atoms with Crippen LogP contribution in [0, 0.1) is 5.82 Å². The fraction of sp³-hybridized carbons (Fsp3) is 0.0690. The normalized spacial score (nSPS) is 11.2. The van der Waals surface area contributed by atoms with Crippen molar-refractivity contribution in [2.24, 2.45) is 0 Å². The molecule has 1 N–H and O–H groups in total. The van der Waals surface area contributed by atoms with Gasteiger partial charge in [-0.05, 0) is 47.5 Å². The predicted molar refractivity (Wildman–Crippen MR) is 144 cm³/mol. The first-order valence-corrected chi connectivity index (χ1v) is 13.0. The van der Waals surface area contributed by atoms with Gasteiger partial charge < -0.3 is 14.2 Å². The smallest absolute Gasteiger partial charge is 0.262 e. The molecular weight excluding hydrogens is 507 g/mol. The highest BCUT2D eigenvalue weighted by Gasteiger charge is 2.18. The first-order valence-electron chi connectivity index (χ1n) is 11.5. The maximum Gasteiger partial charge on any atom is 0.262 e. The molecule has 0 aliphatic heterocycles. The Kier molecular flexibility index (Phi) is 6.85. The van der Waals surface area contributed by atoms with Gasteiger partial charge in [-0.15, -0.1) is 0 Å². The number of hydrogen-bond donors (Lipinski definition) is 1. The number of aromatic nitrogens is 1. The molecule has 0 fully saturated rings. The topological polar surface area (TPSA) is 86.8 Å². The average molecular weight is 531 g/mol. The van der Waals surface area contributed by atoms with E-state index in [0.29, 0.717) is 28.2 Å². The Morgan fingerprint density at radius 2 is 1.50 bits per heavy atom. The number of halogens is 1. The van der Waals surface area contributed by atoms with Crippen molar-refractivity contribution in [2.45, 2.75) is 4.90 Å². The Bertz CT molecular complexity index is 1730. The molecule has 5 rings (SSSR count). The van der Waals surface area contributed by atoms with Gasteiger partial charge in [0.05, 0.1) is 30.3 Å². The molecule has 1 heterocycles. The van der Waals surface area contributed by atoms with Crippen molar-refractivity contribution < 1.29 is 27.0 Å². The summed E-state index contributed by atoms with van der Waals surface area (Å²) in [5.41, 5.74) is 2.00. The number of rotatable bonds is 8. The third-order valence-corrected chi connectivity index (χ3v) is 7.23. The zero-order chi connectivity index (χ0) is 26.7. The summed E-state index contributed by atoms with van der Waals surface area (Å²) in [5, 5.41) is 0.633. The van der Waals surface area contributed by atoms with Gasteiger partial charge in [0.15, 0.2) is 17.3 Å². The lowest BCUT2D eigenvalue weighted by Crippen LogP contribution is -2.14. The third-order valence-electron chi connectivity index (χ3n) is 5.87. The van der Waals surface area contributed by atoms with Crippen LogP contribution in [0.4, 0.5) is 10.1 Å². The molecule has 0 amide bonds. The second-order valence-corrected chi connectivity index (χ2v) is 9.96. The maximum atomic E-state index is 15.0. The molecule has 0 saturated heterocycles. The summed E-state index contributed by atoms with van der Waals surface area (Å²) >= 11 is 0. The average Bonchev–Trinajstić information content (AvgIpc) is 2.94. The molecular formula is C29H23FN2O5S. The van der Waals surface area contributed by atoms with E-state index in [4.69, 9.17) is 14.2 Å². The molecule has 0 radical (unpaired) electrons. The standard InChI is InChI=1S/C29H23FN2O5S/c1-35-28-17-23-26(18-29(28)36-2)31-14-13-27(23)37-21-11-12-25(24(30)16-21)32-38(33,34)22-10-6-9-20(15-22)19-7-4-3-5-8-19/h3-18,32H,1-2H3. The number of hydrogen-bond acceptors (Lipinski definition) is 6. The first kappa shape index (κ1) is 25.0. The number of fused-ring (bicyclic) bond motifs is 1. The lowest BCUT2D eigenvalue weighted by Gasteiger charge is -2.14. The van der Waals surface area contributed by atoms with Crippen LogP contribution in [0.15, 0.2) is 102 Å². The molecule has 38 heavy (non-hydrogen) atoms. The highest BCUT2D eigenvalue weighted by Crippen LogP contribution is 2.37. The van der Waals surface area contributed by atoms with Crippen LogP contribution in [0.25, 0.3) is 22.0 Å². The fourth-order valence-corrected chi connectivity index (χ4v) is 5.10. The van der Waals surface area contributed by atoms with E-state index in [1.165, 1.54) is 32.4 Å². The Morgan fingerprint density at radius 3 is 2.24 bits per heavy atom. The summed E-state index contributed by atoms with van der Waals surface area (Å²) < 4.78 is 60.0. The van der Waals surface area contributed by atoms with E-state index in [9.17, 15) is 8.42 Å². The number of sulfonamides is 1. The van der Waals surface area contributed by atoms with Crippen LogP contribution in [0.5, 0.6) is 23.0 Å². The van der Waals surface area contributed by atoms with Crippen molar-refractivity contribution in [2.75, 3.05) is 18.9 Å². The Hall–Kier alpha value is -4.63. The van der Waals surface area contributed by atoms with Gasteiger partial charge in [-0.1, -0.05) is 42.5 Å². The lowest BCUT2D eigenvalue weighted by molar-refractivity contribution is 0.355. The first-order chi connectivity index (χ1) is 18.4. The van der Waals surface area contributed by atoms with E-state index in [0.717, 1.165) is 17.2 Å².